The molecule has 4 atom stereocenters. The molecular weight excluding hydrogens is 262 g/mol. The van der Waals surface area contributed by atoms with Crippen molar-refractivity contribution in [3.63, 3.8) is 0 Å². The van der Waals surface area contributed by atoms with E-state index in [1.807, 2.05) is 7.05 Å². The molecule has 2 N–H and O–H groups in total. The van der Waals surface area contributed by atoms with Crippen LogP contribution in [0.5, 0.6) is 0 Å². The summed E-state index contributed by atoms with van der Waals surface area (Å²) >= 11 is 0. The Kier molecular flexibility index (Phi) is 4.89. The normalized spacial score (nSPS) is 42.7. The molecule has 0 aromatic heterocycles. The number of likely N-dealkylation sites (N-methyl/N-ethyl adjacent to an activating group) is 1. The standard InChI is InChI=1S/C17H33N3O/c1-18-17(13-21)8-3-6-15(11-17)20-10-7-16-14(12-20)5-4-9-19(16)2/h14-16,18,21H,3-13H2,1-2H3. The van der Waals surface area contributed by atoms with Crippen molar-refractivity contribution in [3.05, 3.63) is 0 Å². The number of likely N-dealkylation sites (tertiary alicyclic amines) is 2. The zero-order valence-corrected chi connectivity index (χ0v) is 13.9. The maximum atomic E-state index is 9.79. The van der Waals surface area contributed by atoms with Crippen LogP contribution in [-0.2, 0) is 0 Å². The maximum absolute atomic E-state index is 9.79. The number of rotatable bonds is 3. The lowest BCUT2D eigenvalue weighted by Crippen LogP contribution is -2.59. The smallest absolute Gasteiger partial charge is 0.0613 e. The zero-order chi connectivity index (χ0) is 14.9. The van der Waals surface area contributed by atoms with Gasteiger partial charge in [-0.3, -0.25) is 4.90 Å². The third kappa shape index (κ3) is 3.14. The van der Waals surface area contributed by atoms with Crippen LogP contribution in [0.15, 0.2) is 0 Å². The van der Waals surface area contributed by atoms with Crippen LogP contribution < -0.4 is 5.32 Å². The number of nitrogens with zero attached hydrogens (tertiary/aromatic N) is 2. The van der Waals surface area contributed by atoms with Crippen LogP contribution in [0.1, 0.15) is 44.9 Å². The van der Waals surface area contributed by atoms with E-state index in [4.69, 9.17) is 0 Å². The number of aliphatic hydroxyl groups excluding tert-OH is 1. The summed E-state index contributed by atoms with van der Waals surface area (Å²) in [6.45, 7) is 4.10. The van der Waals surface area contributed by atoms with Crippen molar-refractivity contribution >= 4 is 0 Å². The first-order valence-corrected chi connectivity index (χ1v) is 8.91. The summed E-state index contributed by atoms with van der Waals surface area (Å²) in [6.07, 6.45) is 8.92. The highest BCUT2D eigenvalue weighted by molar-refractivity contribution is 4.98. The number of piperidine rings is 2. The first-order valence-electron chi connectivity index (χ1n) is 8.91. The molecule has 4 unspecified atom stereocenters. The van der Waals surface area contributed by atoms with Gasteiger partial charge in [0.05, 0.1) is 6.61 Å². The van der Waals surface area contributed by atoms with Crippen molar-refractivity contribution < 1.29 is 5.11 Å². The van der Waals surface area contributed by atoms with Crippen molar-refractivity contribution in [3.8, 4) is 0 Å². The van der Waals surface area contributed by atoms with Crippen LogP contribution >= 0.6 is 0 Å². The van der Waals surface area contributed by atoms with Crippen LogP contribution in [0, 0.1) is 5.92 Å². The first kappa shape index (κ1) is 15.7. The largest absolute Gasteiger partial charge is 0.394 e. The van der Waals surface area contributed by atoms with Gasteiger partial charge in [0.1, 0.15) is 0 Å². The minimum Gasteiger partial charge on any atom is -0.394 e. The third-order valence-corrected chi connectivity index (χ3v) is 6.55. The van der Waals surface area contributed by atoms with E-state index in [0.29, 0.717) is 6.04 Å². The van der Waals surface area contributed by atoms with E-state index < -0.39 is 0 Å². The molecule has 3 fully saturated rings. The van der Waals surface area contributed by atoms with Gasteiger partial charge in [-0.1, -0.05) is 0 Å². The number of hydrogen-bond acceptors (Lipinski definition) is 4. The lowest BCUT2D eigenvalue weighted by atomic mass is 9.77. The molecule has 0 radical (unpaired) electrons. The second kappa shape index (κ2) is 6.53. The van der Waals surface area contributed by atoms with Crippen molar-refractivity contribution in [1.29, 1.82) is 0 Å². The summed E-state index contributed by atoms with van der Waals surface area (Å²) in [4.78, 5) is 5.35. The van der Waals surface area contributed by atoms with E-state index in [-0.39, 0.29) is 12.1 Å². The van der Waals surface area contributed by atoms with E-state index in [0.717, 1.165) is 24.8 Å². The molecule has 122 valence electrons. The number of hydrogen-bond donors (Lipinski definition) is 2. The van der Waals surface area contributed by atoms with Gasteiger partial charge in [0, 0.05) is 24.2 Å². The molecule has 4 nitrogen and oxygen atoms in total. The molecule has 1 aliphatic carbocycles. The SMILES string of the molecule is CNC1(CO)CCCC(N2CCC3C(CCCN3C)C2)C1. The molecule has 3 rings (SSSR count). The quantitative estimate of drug-likeness (QED) is 0.823. The molecular formula is C17H33N3O. The molecule has 0 amide bonds. The molecule has 21 heavy (non-hydrogen) atoms. The number of nitrogens with one attached hydrogen (secondary N) is 1. The Balaban J connectivity index is 1.62. The van der Waals surface area contributed by atoms with Gasteiger partial charge in [0.2, 0.25) is 0 Å². The number of fused-ring (bicyclic) bond motifs is 1. The topological polar surface area (TPSA) is 38.7 Å². The Bertz CT molecular complexity index is 345. The van der Waals surface area contributed by atoms with Gasteiger partial charge in [0.15, 0.2) is 0 Å². The summed E-state index contributed by atoms with van der Waals surface area (Å²) in [6, 6.07) is 1.50. The second-order valence-electron chi connectivity index (χ2n) is 7.67. The van der Waals surface area contributed by atoms with E-state index in [9.17, 15) is 5.11 Å². The van der Waals surface area contributed by atoms with Gasteiger partial charge in [-0.15, -0.1) is 0 Å². The zero-order valence-electron chi connectivity index (χ0n) is 13.9. The van der Waals surface area contributed by atoms with Crippen molar-refractivity contribution in [2.75, 3.05) is 40.3 Å². The minimum absolute atomic E-state index is 0.0247. The second-order valence-corrected chi connectivity index (χ2v) is 7.67. The van der Waals surface area contributed by atoms with Gasteiger partial charge in [-0.05, 0) is 78.0 Å². The van der Waals surface area contributed by atoms with E-state index in [1.54, 1.807) is 0 Å². The molecule has 0 bridgehead atoms. The highest BCUT2D eigenvalue weighted by Gasteiger charge is 2.40. The Labute approximate surface area is 129 Å². The van der Waals surface area contributed by atoms with Crippen LogP contribution in [0.25, 0.3) is 0 Å². The highest BCUT2D eigenvalue weighted by atomic mass is 16.3. The van der Waals surface area contributed by atoms with E-state index >= 15 is 0 Å². The first-order chi connectivity index (χ1) is 10.2. The summed E-state index contributed by atoms with van der Waals surface area (Å²) in [5.41, 5.74) is -0.0247. The average molecular weight is 295 g/mol. The van der Waals surface area contributed by atoms with Gasteiger partial charge < -0.3 is 15.3 Å². The van der Waals surface area contributed by atoms with Crippen molar-refractivity contribution in [1.82, 2.24) is 15.1 Å². The monoisotopic (exact) mass is 295 g/mol. The lowest BCUT2D eigenvalue weighted by molar-refractivity contribution is -0.00485. The molecule has 2 saturated heterocycles. The minimum atomic E-state index is -0.0247. The van der Waals surface area contributed by atoms with Crippen LogP contribution in [0.2, 0.25) is 0 Å². The third-order valence-electron chi connectivity index (χ3n) is 6.55. The van der Waals surface area contributed by atoms with E-state index in [2.05, 4.69) is 22.2 Å². The predicted molar refractivity (Wildman–Crippen MR) is 86.5 cm³/mol. The molecule has 0 spiro atoms. The van der Waals surface area contributed by atoms with Gasteiger partial charge in [-0.2, -0.15) is 0 Å². The molecule has 3 aliphatic rings. The Morgan fingerprint density at radius 3 is 2.81 bits per heavy atom. The molecule has 0 aromatic rings. The van der Waals surface area contributed by atoms with Crippen LogP contribution in [0.3, 0.4) is 0 Å². The van der Waals surface area contributed by atoms with Gasteiger partial charge in [0.25, 0.3) is 0 Å². The van der Waals surface area contributed by atoms with E-state index in [1.165, 1.54) is 51.7 Å². The van der Waals surface area contributed by atoms with Gasteiger partial charge in [-0.25, -0.2) is 0 Å². The van der Waals surface area contributed by atoms with Crippen LogP contribution in [-0.4, -0.2) is 72.9 Å². The average Bonchev–Trinajstić information content (AvgIpc) is 2.55. The highest BCUT2D eigenvalue weighted by Crippen LogP contribution is 2.35. The summed E-state index contributed by atoms with van der Waals surface area (Å²) < 4.78 is 0. The Hall–Kier alpha value is -0.160. The number of aliphatic hydroxyl groups is 1. The Morgan fingerprint density at radius 2 is 2.05 bits per heavy atom. The van der Waals surface area contributed by atoms with Crippen LogP contribution in [0.4, 0.5) is 0 Å². The summed E-state index contributed by atoms with van der Waals surface area (Å²) in [5, 5.41) is 13.2. The summed E-state index contributed by atoms with van der Waals surface area (Å²) in [7, 11) is 4.33. The maximum Gasteiger partial charge on any atom is 0.0613 e. The molecule has 0 aromatic carbocycles. The summed E-state index contributed by atoms with van der Waals surface area (Å²) in [5.74, 6) is 0.873. The predicted octanol–water partition coefficient (Wildman–Crippen LogP) is 1.30. The molecule has 1 saturated carbocycles. The fourth-order valence-corrected chi connectivity index (χ4v) is 5.10. The fraction of sp³-hybridized carbons (Fsp3) is 1.00. The molecule has 2 aliphatic heterocycles. The fourth-order valence-electron chi connectivity index (χ4n) is 5.10. The molecule has 2 heterocycles. The van der Waals surface area contributed by atoms with Crippen molar-refractivity contribution in [2.45, 2.75) is 62.6 Å². The van der Waals surface area contributed by atoms with Crippen molar-refractivity contribution in [2.24, 2.45) is 5.92 Å². The lowest BCUT2D eigenvalue weighted by Gasteiger charge is -2.50. The Morgan fingerprint density at radius 1 is 1.19 bits per heavy atom. The van der Waals surface area contributed by atoms with Gasteiger partial charge >= 0.3 is 0 Å². The molecule has 4 heteroatoms.